The molecule has 6 nitrogen and oxygen atoms in total. The summed E-state index contributed by atoms with van der Waals surface area (Å²) in [6.45, 7) is 5.13. The molecule has 1 rings (SSSR count). The SMILES string of the molecule is CC(C)(CN)C(=O)N1CCC(NS(C)(=O)=O)CC1. The molecule has 0 atom stereocenters. The monoisotopic (exact) mass is 277 g/mol. The standard InChI is InChI=1S/C11H23N3O3S/c1-11(2,8-12)10(15)14-6-4-9(5-7-14)13-18(3,16)17/h9,13H,4-8,12H2,1-3H3. The molecule has 1 fully saturated rings. The molecule has 7 heteroatoms. The van der Waals surface area contributed by atoms with Crippen molar-refractivity contribution in [1.29, 1.82) is 0 Å². The Bertz CT molecular complexity index is 398. The molecule has 1 saturated heterocycles. The van der Waals surface area contributed by atoms with Crippen LogP contribution in [0.3, 0.4) is 0 Å². The highest BCUT2D eigenvalue weighted by Crippen LogP contribution is 2.20. The summed E-state index contributed by atoms with van der Waals surface area (Å²) in [7, 11) is -3.17. The first kappa shape index (κ1) is 15.4. The van der Waals surface area contributed by atoms with Crippen LogP contribution >= 0.6 is 0 Å². The number of likely N-dealkylation sites (tertiary alicyclic amines) is 1. The Morgan fingerprint density at radius 1 is 1.39 bits per heavy atom. The number of hydrogen-bond acceptors (Lipinski definition) is 4. The van der Waals surface area contributed by atoms with Crippen molar-refractivity contribution in [1.82, 2.24) is 9.62 Å². The van der Waals surface area contributed by atoms with Crippen LogP contribution in [-0.4, -0.2) is 51.2 Å². The van der Waals surface area contributed by atoms with Crippen molar-refractivity contribution in [2.24, 2.45) is 11.1 Å². The van der Waals surface area contributed by atoms with Crippen molar-refractivity contribution < 1.29 is 13.2 Å². The van der Waals surface area contributed by atoms with Gasteiger partial charge in [0.05, 0.1) is 11.7 Å². The first-order valence-corrected chi connectivity index (χ1v) is 8.01. The lowest BCUT2D eigenvalue weighted by atomic mass is 9.90. The van der Waals surface area contributed by atoms with Gasteiger partial charge >= 0.3 is 0 Å². The molecule has 106 valence electrons. The van der Waals surface area contributed by atoms with Crippen molar-refractivity contribution in [2.45, 2.75) is 32.7 Å². The smallest absolute Gasteiger partial charge is 0.229 e. The third-order valence-corrected chi connectivity index (χ3v) is 4.01. The van der Waals surface area contributed by atoms with Crippen LogP contribution in [0.1, 0.15) is 26.7 Å². The number of nitrogens with one attached hydrogen (secondary N) is 1. The number of nitrogens with zero attached hydrogens (tertiary/aromatic N) is 1. The molecule has 0 aliphatic carbocycles. The Kier molecular flexibility index (Phi) is 4.74. The number of sulfonamides is 1. The van der Waals surface area contributed by atoms with E-state index in [1.54, 1.807) is 4.90 Å². The highest BCUT2D eigenvalue weighted by molar-refractivity contribution is 7.88. The van der Waals surface area contributed by atoms with Gasteiger partial charge in [-0.3, -0.25) is 4.79 Å². The van der Waals surface area contributed by atoms with E-state index in [4.69, 9.17) is 5.73 Å². The molecule has 1 aliphatic rings. The average Bonchev–Trinajstić information content (AvgIpc) is 2.27. The molecule has 0 radical (unpaired) electrons. The lowest BCUT2D eigenvalue weighted by Crippen LogP contribution is -2.51. The molecule has 0 unspecified atom stereocenters. The van der Waals surface area contributed by atoms with Crippen LogP contribution in [0.25, 0.3) is 0 Å². The predicted octanol–water partition coefficient (Wildman–Crippen LogP) is -0.488. The van der Waals surface area contributed by atoms with Gasteiger partial charge in [-0.05, 0) is 26.7 Å². The topological polar surface area (TPSA) is 92.5 Å². The molecule has 0 aromatic carbocycles. The maximum absolute atomic E-state index is 12.2. The van der Waals surface area contributed by atoms with Gasteiger partial charge in [0, 0.05) is 25.7 Å². The van der Waals surface area contributed by atoms with Crippen LogP contribution in [0.5, 0.6) is 0 Å². The molecule has 18 heavy (non-hydrogen) atoms. The van der Waals surface area contributed by atoms with Crippen LogP contribution in [0, 0.1) is 5.41 Å². The summed E-state index contributed by atoms with van der Waals surface area (Å²) in [5.41, 5.74) is 5.04. The number of rotatable bonds is 4. The Morgan fingerprint density at radius 2 is 1.89 bits per heavy atom. The lowest BCUT2D eigenvalue weighted by molar-refractivity contribution is -0.140. The third-order valence-electron chi connectivity index (χ3n) is 3.25. The Hall–Kier alpha value is -0.660. The van der Waals surface area contributed by atoms with E-state index < -0.39 is 15.4 Å². The normalized spacial score (nSPS) is 19.0. The summed E-state index contributed by atoms with van der Waals surface area (Å²) in [6, 6.07) is -0.0648. The molecule has 0 aromatic heterocycles. The molecule has 1 amide bonds. The number of nitrogens with two attached hydrogens (primary N) is 1. The highest BCUT2D eigenvalue weighted by Gasteiger charge is 2.33. The molecule has 1 heterocycles. The molecule has 0 bridgehead atoms. The van der Waals surface area contributed by atoms with E-state index in [0.717, 1.165) is 6.26 Å². The molecule has 1 aliphatic heterocycles. The fourth-order valence-corrected chi connectivity index (χ4v) is 2.86. The van der Waals surface area contributed by atoms with Crippen molar-refractivity contribution in [3.63, 3.8) is 0 Å². The van der Waals surface area contributed by atoms with Gasteiger partial charge in [0.25, 0.3) is 0 Å². The summed E-state index contributed by atoms with van der Waals surface area (Å²) >= 11 is 0. The van der Waals surface area contributed by atoms with Crippen LogP contribution in [-0.2, 0) is 14.8 Å². The zero-order chi connectivity index (χ0) is 14.0. The average molecular weight is 277 g/mol. The fourth-order valence-electron chi connectivity index (χ4n) is 2.02. The van der Waals surface area contributed by atoms with Gasteiger partial charge in [-0.25, -0.2) is 13.1 Å². The maximum atomic E-state index is 12.2. The quantitative estimate of drug-likeness (QED) is 0.725. The molecule has 0 aromatic rings. The fraction of sp³-hybridized carbons (Fsp3) is 0.909. The first-order chi connectivity index (χ1) is 8.15. The minimum atomic E-state index is -3.17. The van der Waals surface area contributed by atoms with E-state index >= 15 is 0 Å². The van der Waals surface area contributed by atoms with E-state index in [1.165, 1.54) is 0 Å². The van der Waals surface area contributed by atoms with Gasteiger partial charge in [-0.15, -0.1) is 0 Å². The van der Waals surface area contributed by atoms with Crippen LogP contribution < -0.4 is 10.5 Å². The maximum Gasteiger partial charge on any atom is 0.229 e. The Balaban J connectivity index is 2.52. The third kappa shape index (κ3) is 4.22. The first-order valence-electron chi connectivity index (χ1n) is 6.12. The molecular formula is C11H23N3O3S. The van der Waals surface area contributed by atoms with Crippen LogP contribution in [0.2, 0.25) is 0 Å². The van der Waals surface area contributed by atoms with E-state index in [0.29, 0.717) is 32.5 Å². The van der Waals surface area contributed by atoms with E-state index in [1.807, 2.05) is 13.8 Å². The van der Waals surface area contributed by atoms with Crippen LogP contribution in [0.4, 0.5) is 0 Å². The largest absolute Gasteiger partial charge is 0.342 e. The number of hydrogen-bond donors (Lipinski definition) is 2. The zero-order valence-corrected chi connectivity index (χ0v) is 12.1. The second kappa shape index (κ2) is 5.54. The summed E-state index contributed by atoms with van der Waals surface area (Å²) in [6.07, 6.45) is 2.46. The van der Waals surface area contributed by atoms with Gasteiger partial charge in [0.2, 0.25) is 15.9 Å². The summed E-state index contributed by atoms with van der Waals surface area (Å²) in [5.74, 6) is 0.0443. The van der Waals surface area contributed by atoms with Gasteiger partial charge < -0.3 is 10.6 Å². The van der Waals surface area contributed by atoms with E-state index in [-0.39, 0.29) is 11.9 Å². The minimum Gasteiger partial charge on any atom is -0.342 e. The highest BCUT2D eigenvalue weighted by atomic mass is 32.2. The van der Waals surface area contributed by atoms with Gasteiger partial charge in [-0.1, -0.05) is 0 Å². The Morgan fingerprint density at radius 3 is 2.28 bits per heavy atom. The molecule has 0 saturated carbocycles. The second-order valence-corrected chi connectivity index (χ2v) is 7.32. The van der Waals surface area contributed by atoms with Crippen molar-refractivity contribution in [2.75, 3.05) is 25.9 Å². The second-order valence-electron chi connectivity index (χ2n) is 5.54. The van der Waals surface area contributed by atoms with E-state index in [9.17, 15) is 13.2 Å². The van der Waals surface area contributed by atoms with Gasteiger partial charge in [-0.2, -0.15) is 0 Å². The minimum absolute atomic E-state index is 0.0443. The summed E-state index contributed by atoms with van der Waals surface area (Å²) < 4.78 is 24.8. The Labute approximate surface area is 109 Å². The number of carbonyl (C=O) groups excluding carboxylic acids is 1. The molecule has 3 N–H and O–H groups in total. The summed E-state index contributed by atoms with van der Waals surface area (Å²) in [4.78, 5) is 13.9. The van der Waals surface area contributed by atoms with Crippen molar-refractivity contribution in [3.8, 4) is 0 Å². The van der Waals surface area contributed by atoms with Crippen molar-refractivity contribution in [3.05, 3.63) is 0 Å². The van der Waals surface area contributed by atoms with Gasteiger partial charge in [0.15, 0.2) is 0 Å². The van der Waals surface area contributed by atoms with E-state index in [2.05, 4.69) is 4.72 Å². The lowest BCUT2D eigenvalue weighted by Gasteiger charge is -2.36. The molecular weight excluding hydrogens is 254 g/mol. The number of carbonyl (C=O) groups is 1. The predicted molar refractivity (Wildman–Crippen MR) is 70.4 cm³/mol. The van der Waals surface area contributed by atoms with Gasteiger partial charge in [0.1, 0.15) is 0 Å². The van der Waals surface area contributed by atoms with Crippen molar-refractivity contribution >= 4 is 15.9 Å². The summed E-state index contributed by atoms with van der Waals surface area (Å²) in [5, 5.41) is 0. The molecule has 0 spiro atoms. The van der Waals surface area contributed by atoms with Crippen LogP contribution in [0.15, 0.2) is 0 Å². The number of piperidine rings is 1. The number of amides is 1. The zero-order valence-electron chi connectivity index (χ0n) is 11.3.